The molecule has 1 amide bonds. The van der Waals surface area contributed by atoms with Gasteiger partial charge in [0.1, 0.15) is 17.8 Å². The van der Waals surface area contributed by atoms with Gasteiger partial charge in [0.15, 0.2) is 4.77 Å². The molecule has 0 spiro atoms. The van der Waals surface area contributed by atoms with Crippen LogP contribution in [0, 0.1) is 4.77 Å². The number of hydrogen-bond donors (Lipinski definition) is 2. The zero-order valence-corrected chi connectivity index (χ0v) is 16.1. The van der Waals surface area contributed by atoms with E-state index in [1.54, 1.807) is 12.0 Å². The summed E-state index contributed by atoms with van der Waals surface area (Å²) in [6.07, 6.45) is 0. The number of benzene rings is 1. The van der Waals surface area contributed by atoms with Crippen LogP contribution in [0.1, 0.15) is 0 Å². The third-order valence-electron chi connectivity index (χ3n) is 5.09. The molecule has 0 radical (unpaired) electrons. The molecule has 1 saturated heterocycles. The lowest BCUT2D eigenvalue weighted by molar-refractivity contribution is -0.133. The number of likely N-dealkylation sites (N-methyl/N-ethyl adjacent to an activating group) is 1. The van der Waals surface area contributed by atoms with Crippen molar-refractivity contribution in [1.82, 2.24) is 24.3 Å². The quantitative estimate of drug-likeness (QED) is 0.662. The van der Waals surface area contributed by atoms with E-state index in [0.717, 1.165) is 24.0 Å². The fraction of sp³-hybridized carbons (Fsp3) is 0.389. The van der Waals surface area contributed by atoms with Crippen LogP contribution >= 0.6 is 12.2 Å². The lowest BCUT2D eigenvalue weighted by Crippen LogP contribution is -2.48. The molecular formula is C18H21N5O3S. The molecule has 27 heavy (non-hydrogen) atoms. The van der Waals surface area contributed by atoms with Gasteiger partial charge in [-0.1, -0.05) is 0 Å². The van der Waals surface area contributed by atoms with Gasteiger partial charge in [0.2, 0.25) is 5.91 Å². The van der Waals surface area contributed by atoms with Gasteiger partial charge in [0, 0.05) is 37.1 Å². The van der Waals surface area contributed by atoms with Crippen LogP contribution in [0.3, 0.4) is 0 Å². The molecule has 4 rings (SSSR count). The van der Waals surface area contributed by atoms with Crippen molar-refractivity contribution in [2.75, 3.05) is 40.3 Å². The fourth-order valence-corrected chi connectivity index (χ4v) is 3.67. The number of nitrogens with one attached hydrogen (secondary N) is 2. The number of aromatic nitrogens is 3. The van der Waals surface area contributed by atoms with Gasteiger partial charge < -0.3 is 24.5 Å². The van der Waals surface area contributed by atoms with E-state index in [0.29, 0.717) is 29.9 Å². The lowest BCUT2D eigenvalue weighted by Gasteiger charge is -2.32. The predicted octanol–water partition coefficient (Wildman–Crippen LogP) is 1.32. The Kier molecular flexibility index (Phi) is 4.48. The van der Waals surface area contributed by atoms with Crippen LogP contribution in [-0.2, 0) is 11.3 Å². The molecule has 0 atom stereocenters. The van der Waals surface area contributed by atoms with Crippen LogP contribution in [0.4, 0.5) is 0 Å². The van der Waals surface area contributed by atoms with Crippen molar-refractivity contribution in [2.45, 2.75) is 6.54 Å². The summed E-state index contributed by atoms with van der Waals surface area (Å²) in [7, 11) is 3.62. The van der Waals surface area contributed by atoms with Gasteiger partial charge in [0.05, 0.1) is 12.6 Å². The highest BCUT2D eigenvalue weighted by Gasteiger charge is 2.21. The molecule has 9 heteroatoms. The van der Waals surface area contributed by atoms with Gasteiger partial charge in [-0.25, -0.2) is 0 Å². The summed E-state index contributed by atoms with van der Waals surface area (Å²) >= 11 is 5.38. The SMILES string of the molecule is COc1ccc2[nH]c3c(=O)n(CC(=O)N4CCN(C)CC4)c(=S)[nH]c3c2c1. The molecule has 2 N–H and O–H groups in total. The average Bonchev–Trinajstić information content (AvgIpc) is 3.03. The highest BCUT2D eigenvalue weighted by atomic mass is 32.1. The molecule has 0 unspecified atom stereocenters. The molecule has 3 aromatic rings. The molecule has 1 fully saturated rings. The van der Waals surface area contributed by atoms with Gasteiger partial charge >= 0.3 is 0 Å². The zero-order valence-electron chi connectivity index (χ0n) is 15.2. The van der Waals surface area contributed by atoms with E-state index in [2.05, 4.69) is 14.9 Å². The molecule has 1 aromatic carbocycles. The number of aromatic amines is 2. The summed E-state index contributed by atoms with van der Waals surface area (Å²) < 4.78 is 6.82. The van der Waals surface area contributed by atoms with Crippen molar-refractivity contribution >= 4 is 40.1 Å². The first-order valence-corrected chi connectivity index (χ1v) is 9.17. The summed E-state index contributed by atoms with van der Waals surface area (Å²) in [5.41, 5.74) is 1.53. The first-order valence-electron chi connectivity index (χ1n) is 8.77. The number of carbonyl (C=O) groups excluding carboxylic acids is 1. The molecule has 0 saturated carbocycles. The smallest absolute Gasteiger partial charge is 0.279 e. The van der Waals surface area contributed by atoms with Gasteiger partial charge in [-0.3, -0.25) is 14.2 Å². The number of rotatable bonds is 3. The highest BCUT2D eigenvalue weighted by molar-refractivity contribution is 7.71. The Morgan fingerprint density at radius 2 is 1.93 bits per heavy atom. The third kappa shape index (κ3) is 3.13. The second kappa shape index (κ2) is 6.82. The van der Waals surface area contributed by atoms with E-state index in [4.69, 9.17) is 17.0 Å². The minimum atomic E-state index is -0.300. The molecular weight excluding hydrogens is 366 g/mol. The van der Waals surface area contributed by atoms with Gasteiger partial charge in [0.25, 0.3) is 5.56 Å². The number of amides is 1. The summed E-state index contributed by atoms with van der Waals surface area (Å²) in [6.45, 7) is 2.92. The Labute approximate surface area is 160 Å². The van der Waals surface area contributed by atoms with E-state index in [1.807, 2.05) is 25.2 Å². The van der Waals surface area contributed by atoms with E-state index in [-0.39, 0.29) is 22.8 Å². The fourth-order valence-electron chi connectivity index (χ4n) is 3.42. The Morgan fingerprint density at radius 1 is 1.19 bits per heavy atom. The summed E-state index contributed by atoms with van der Waals surface area (Å²) in [5.74, 6) is 0.596. The largest absolute Gasteiger partial charge is 0.497 e. The molecule has 0 aliphatic carbocycles. The number of fused-ring (bicyclic) bond motifs is 3. The maximum atomic E-state index is 13.0. The average molecular weight is 387 g/mol. The van der Waals surface area contributed by atoms with Crippen LogP contribution in [0.25, 0.3) is 21.9 Å². The zero-order chi connectivity index (χ0) is 19.1. The number of carbonyl (C=O) groups is 1. The number of nitrogens with zero attached hydrogens (tertiary/aromatic N) is 3. The van der Waals surface area contributed by atoms with Crippen LogP contribution in [0.5, 0.6) is 5.75 Å². The Bertz CT molecular complexity index is 1140. The van der Waals surface area contributed by atoms with Crippen LogP contribution < -0.4 is 10.3 Å². The van der Waals surface area contributed by atoms with Crippen molar-refractivity contribution in [3.8, 4) is 5.75 Å². The highest BCUT2D eigenvalue weighted by Crippen LogP contribution is 2.25. The Hall–Kier alpha value is -2.65. The monoisotopic (exact) mass is 387 g/mol. The second-order valence-corrected chi connectivity index (χ2v) is 7.18. The topological polar surface area (TPSA) is 86.4 Å². The summed E-state index contributed by atoms with van der Waals surface area (Å²) in [5, 5.41) is 0.824. The van der Waals surface area contributed by atoms with E-state index < -0.39 is 0 Å². The van der Waals surface area contributed by atoms with Crippen molar-refractivity contribution in [2.24, 2.45) is 0 Å². The Morgan fingerprint density at radius 3 is 2.63 bits per heavy atom. The molecule has 2 aromatic heterocycles. The first kappa shape index (κ1) is 17.7. The van der Waals surface area contributed by atoms with Crippen LogP contribution in [-0.4, -0.2) is 70.6 Å². The van der Waals surface area contributed by atoms with Crippen molar-refractivity contribution in [3.63, 3.8) is 0 Å². The maximum absolute atomic E-state index is 13.0. The molecule has 1 aliphatic rings. The van der Waals surface area contributed by atoms with Crippen molar-refractivity contribution in [1.29, 1.82) is 0 Å². The number of ether oxygens (including phenoxy) is 1. The molecule has 142 valence electrons. The second-order valence-electron chi connectivity index (χ2n) is 6.79. The standard InChI is InChI=1S/C18H21N5O3S/c1-21-5-7-22(8-6-21)14(24)10-23-17(25)16-15(20-18(23)27)12-9-11(26-2)3-4-13(12)19-16/h3-4,9,19H,5-8,10H2,1-2H3,(H,20,27). The Balaban J connectivity index is 1.74. The maximum Gasteiger partial charge on any atom is 0.279 e. The molecule has 8 nitrogen and oxygen atoms in total. The van der Waals surface area contributed by atoms with Crippen LogP contribution in [0.2, 0.25) is 0 Å². The van der Waals surface area contributed by atoms with Gasteiger partial charge in [-0.05, 0) is 37.5 Å². The number of methoxy groups -OCH3 is 1. The van der Waals surface area contributed by atoms with E-state index >= 15 is 0 Å². The first-order chi connectivity index (χ1) is 13.0. The van der Waals surface area contributed by atoms with E-state index in [9.17, 15) is 9.59 Å². The minimum absolute atomic E-state index is 0.0630. The summed E-state index contributed by atoms with van der Waals surface area (Å²) in [4.78, 5) is 35.8. The molecule has 1 aliphatic heterocycles. The number of piperazine rings is 1. The molecule has 0 bridgehead atoms. The number of H-pyrrole nitrogens is 2. The third-order valence-corrected chi connectivity index (χ3v) is 5.41. The predicted molar refractivity (Wildman–Crippen MR) is 106 cm³/mol. The van der Waals surface area contributed by atoms with Crippen LogP contribution in [0.15, 0.2) is 23.0 Å². The van der Waals surface area contributed by atoms with Crippen molar-refractivity contribution < 1.29 is 9.53 Å². The molecule has 3 heterocycles. The normalized spacial score (nSPS) is 15.6. The summed E-state index contributed by atoms with van der Waals surface area (Å²) in [6, 6.07) is 5.52. The van der Waals surface area contributed by atoms with E-state index in [1.165, 1.54) is 4.57 Å². The van der Waals surface area contributed by atoms with Gasteiger partial charge in [-0.15, -0.1) is 0 Å². The van der Waals surface area contributed by atoms with Gasteiger partial charge in [-0.2, -0.15) is 0 Å². The number of hydrogen-bond acceptors (Lipinski definition) is 5. The lowest BCUT2D eigenvalue weighted by atomic mass is 10.2. The minimum Gasteiger partial charge on any atom is -0.497 e. The van der Waals surface area contributed by atoms with Crippen molar-refractivity contribution in [3.05, 3.63) is 33.3 Å².